The van der Waals surface area contributed by atoms with Gasteiger partial charge in [0.25, 0.3) is 0 Å². The average molecular weight is 544 g/mol. The van der Waals surface area contributed by atoms with Gasteiger partial charge in [-0.1, -0.05) is 35.1 Å². The highest BCUT2D eigenvalue weighted by Crippen LogP contribution is 2.38. The zero-order valence-corrected chi connectivity index (χ0v) is 23.1. The molecule has 198 valence electrons. The maximum Gasteiger partial charge on any atom is 0.243 e. The predicted molar refractivity (Wildman–Crippen MR) is 145 cm³/mol. The van der Waals surface area contributed by atoms with E-state index in [1.165, 1.54) is 15.6 Å². The lowest BCUT2D eigenvalue weighted by Crippen LogP contribution is -2.46. The van der Waals surface area contributed by atoms with Gasteiger partial charge < -0.3 is 9.47 Å². The van der Waals surface area contributed by atoms with Gasteiger partial charge in [-0.3, -0.25) is 9.69 Å². The molecule has 5 rings (SSSR count). The fourth-order valence-corrected chi connectivity index (χ4v) is 7.59. The summed E-state index contributed by atoms with van der Waals surface area (Å²) >= 11 is 1.49. The normalized spacial score (nSPS) is 19.4. The van der Waals surface area contributed by atoms with Crippen molar-refractivity contribution in [2.75, 3.05) is 38.3 Å². The van der Waals surface area contributed by atoms with Crippen molar-refractivity contribution in [1.29, 1.82) is 0 Å². The first kappa shape index (κ1) is 26.1. The molecule has 0 radical (unpaired) electrons. The van der Waals surface area contributed by atoms with Crippen LogP contribution in [0.3, 0.4) is 0 Å². The van der Waals surface area contributed by atoms with Crippen LogP contribution in [-0.4, -0.2) is 63.1 Å². The molecule has 1 aromatic heterocycles. The summed E-state index contributed by atoms with van der Waals surface area (Å²) in [6, 6.07) is 10.8. The third kappa shape index (κ3) is 5.25. The number of amides is 1. The van der Waals surface area contributed by atoms with E-state index in [0.717, 1.165) is 34.2 Å². The second-order valence-electron chi connectivity index (χ2n) is 9.83. The summed E-state index contributed by atoms with van der Waals surface area (Å²) in [5, 5.41) is 0.637. The van der Waals surface area contributed by atoms with Gasteiger partial charge >= 0.3 is 0 Å². The Morgan fingerprint density at radius 2 is 1.86 bits per heavy atom. The van der Waals surface area contributed by atoms with Crippen LogP contribution in [-0.2, 0) is 19.6 Å². The SMILES string of the molecule is COc1ccc(C)c2sc(N(CC3CCCO3)C(=O)C3CCN(S(=O)(=O)c4ccc(C)cc4)CC3)nc12. The van der Waals surface area contributed by atoms with Crippen LogP contribution in [0.2, 0.25) is 0 Å². The van der Waals surface area contributed by atoms with Crippen molar-refractivity contribution >= 4 is 42.6 Å². The Balaban J connectivity index is 1.37. The largest absolute Gasteiger partial charge is 0.494 e. The molecule has 2 aliphatic heterocycles. The Kier molecular flexibility index (Phi) is 7.53. The summed E-state index contributed by atoms with van der Waals surface area (Å²) in [4.78, 5) is 20.8. The molecule has 2 saturated heterocycles. The molecule has 2 aliphatic rings. The number of aromatic nitrogens is 1. The molecule has 2 fully saturated rings. The molecule has 10 heteroatoms. The molecule has 3 aromatic rings. The smallest absolute Gasteiger partial charge is 0.243 e. The van der Waals surface area contributed by atoms with Crippen LogP contribution in [0, 0.1) is 19.8 Å². The van der Waals surface area contributed by atoms with Crippen molar-refractivity contribution < 1.29 is 22.7 Å². The van der Waals surface area contributed by atoms with Crippen molar-refractivity contribution in [2.24, 2.45) is 5.92 Å². The third-order valence-electron chi connectivity index (χ3n) is 7.28. The van der Waals surface area contributed by atoms with Crippen molar-refractivity contribution in [1.82, 2.24) is 9.29 Å². The molecule has 1 unspecified atom stereocenters. The molecule has 0 aliphatic carbocycles. The van der Waals surface area contributed by atoms with Crippen LogP contribution in [0.1, 0.15) is 36.8 Å². The number of piperidine rings is 1. The lowest BCUT2D eigenvalue weighted by Gasteiger charge is -2.33. The number of hydrogen-bond acceptors (Lipinski definition) is 7. The molecule has 1 atom stereocenters. The molecule has 0 spiro atoms. The topological polar surface area (TPSA) is 89.0 Å². The molecule has 1 amide bonds. The molecule has 0 bridgehead atoms. The molecule has 0 saturated carbocycles. The number of fused-ring (bicyclic) bond motifs is 1. The van der Waals surface area contributed by atoms with Gasteiger partial charge in [0.2, 0.25) is 15.9 Å². The van der Waals surface area contributed by atoms with E-state index in [4.69, 9.17) is 14.5 Å². The highest BCUT2D eigenvalue weighted by molar-refractivity contribution is 7.89. The van der Waals surface area contributed by atoms with Crippen LogP contribution in [0.5, 0.6) is 5.75 Å². The summed E-state index contributed by atoms with van der Waals surface area (Å²) < 4.78 is 40.2. The minimum absolute atomic E-state index is 0.0152. The van der Waals surface area contributed by atoms with Gasteiger partial charge in [0.1, 0.15) is 11.3 Å². The van der Waals surface area contributed by atoms with E-state index >= 15 is 0 Å². The quantitative estimate of drug-likeness (QED) is 0.435. The van der Waals surface area contributed by atoms with E-state index < -0.39 is 10.0 Å². The zero-order valence-electron chi connectivity index (χ0n) is 21.5. The first-order chi connectivity index (χ1) is 17.8. The predicted octanol–water partition coefficient (Wildman–Crippen LogP) is 4.53. The maximum atomic E-state index is 13.9. The number of anilines is 1. The second-order valence-corrected chi connectivity index (χ2v) is 12.7. The van der Waals surface area contributed by atoms with Crippen molar-refractivity contribution in [2.45, 2.75) is 50.5 Å². The summed E-state index contributed by atoms with van der Waals surface area (Å²) in [5.41, 5.74) is 2.85. The Bertz CT molecular complexity index is 1370. The van der Waals surface area contributed by atoms with Gasteiger partial charge in [-0.2, -0.15) is 4.31 Å². The van der Waals surface area contributed by atoms with E-state index in [-0.39, 0.29) is 17.9 Å². The third-order valence-corrected chi connectivity index (χ3v) is 10.4. The molecule has 37 heavy (non-hydrogen) atoms. The maximum absolute atomic E-state index is 13.9. The number of ether oxygens (including phenoxy) is 2. The van der Waals surface area contributed by atoms with Crippen molar-refractivity contribution in [3.05, 3.63) is 47.5 Å². The molecule has 3 heterocycles. The highest BCUT2D eigenvalue weighted by atomic mass is 32.2. The number of carbonyl (C=O) groups is 1. The lowest BCUT2D eigenvalue weighted by molar-refractivity contribution is -0.123. The Morgan fingerprint density at radius 3 is 2.51 bits per heavy atom. The lowest BCUT2D eigenvalue weighted by atomic mass is 9.96. The number of sulfonamides is 1. The summed E-state index contributed by atoms with van der Waals surface area (Å²) in [7, 11) is -1.96. The van der Waals surface area contributed by atoms with Gasteiger partial charge in [-0.25, -0.2) is 13.4 Å². The first-order valence-corrected chi connectivity index (χ1v) is 15.0. The summed E-state index contributed by atoms with van der Waals surface area (Å²) in [5.74, 6) is 0.390. The van der Waals surface area contributed by atoms with E-state index in [1.54, 1.807) is 36.3 Å². The van der Waals surface area contributed by atoms with E-state index in [0.29, 0.717) is 54.9 Å². The van der Waals surface area contributed by atoms with Crippen LogP contribution in [0.15, 0.2) is 41.3 Å². The zero-order chi connectivity index (χ0) is 26.2. The van der Waals surface area contributed by atoms with E-state index in [9.17, 15) is 13.2 Å². The number of thiazole rings is 1. The van der Waals surface area contributed by atoms with Gasteiger partial charge in [-0.05, 0) is 63.3 Å². The average Bonchev–Trinajstić information content (AvgIpc) is 3.58. The van der Waals surface area contributed by atoms with Crippen LogP contribution in [0.4, 0.5) is 5.13 Å². The first-order valence-electron chi connectivity index (χ1n) is 12.7. The number of carbonyl (C=O) groups excluding carboxylic acids is 1. The summed E-state index contributed by atoms with van der Waals surface area (Å²) in [6.45, 7) is 5.73. The number of benzene rings is 2. The number of aryl methyl sites for hydroxylation is 2. The van der Waals surface area contributed by atoms with Crippen molar-refractivity contribution in [3.63, 3.8) is 0 Å². The molecular formula is C27H33N3O5S2. The number of rotatable bonds is 7. The van der Waals surface area contributed by atoms with E-state index in [2.05, 4.69) is 0 Å². The monoisotopic (exact) mass is 543 g/mol. The van der Waals surface area contributed by atoms with Crippen LogP contribution < -0.4 is 9.64 Å². The Labute approximate surface area is 222 Å². The van der Waals surface area contributed by atoms with Gasteiger partial charge in [0.15, 0.2) is 5.13 Å². The molecular weight excluding hydrogens is 510 g/mol. The molecule has 0 N–H and O–H groups in total. The number of hydrogen-bond donors (Lipinski definition) is 0. The standard InChI is InChI=1S/C27H33N3O5S2/c1-18-6-9-22(10-7-18)37(32,33)29-14-12-20(13-15-29)26(31)30(17-21-5-4-16-35-21)27-28-24-23(34-3)11-8-19(2)25(24)36-27/h6-11,20-21H,4-5,12-17H2,1-3H3. The molecule has 8 nitrogen and oxygen atoms in total. The van der Waals surface area contributed by atoms with Gasteiger partial charge in [0, 0.05) is 25.6 Å². The van der Waals surface area contributed by atoms with Crippen molar-refractivity contribution in [3.8, 4) is 5.75 Å². The van der Waals surface area contributed by atoms with Crippen LogP contribution >= 0.6 is 11.3 Å². The number of methoxy groups -OCH3 is 1. The second kappa shape index (κ2) is 10.7. The minimum Gasteiger partial charge on any atom is -0.494 e. The summed E-state index contributed by atoms with van der Waals surface area (Å²) in [6.07, 6.45) is 2.80. The Morgan fingerprint density at radius 1 is 1.14 bits per heavy atom. The number of nitrogens with zero attached hydrogens (tertiary/aromatic N) is 3. The highest BCUT2D eigenvalue weighted by Gasteiger charge is 2.36. The minimum atomic E-state index is -3.58. The fraction of sp³-hybridized carbons (Fsp3) is 0.481. The Hall–Kier alpha value is -2.53. The van der Waals surface area contributed by atoms with Gasteiger partial charge in [0.05, 0.1) is 29.4 Å². The van der Waals surface area contributed by atoms with E-state index in [1.807, 2.05) is 26.0 Å². The van der Waals surface area contributed by atoms with Crippen LogP contribution in [0.25, 0.3) is 10.2 Å². The molecule has 2 aromatic carbocycles. The fourth-order valence-electron chi connectivity index (χ4n) is 5.06. The van der Waals surface area contributed by atoms with Gasteiger partial charge in [-0.15, -0.1) is 0 Å².